The summed E-state index contributed by atoms with van der Waals surface area (Å²) in [5, 5.41) is 4.28. The van der Waals surface area contributed by atoms with E-state index in [0.717, 1.165) is 21.3 Å². The summed E-state index contributed by atoms with van der Waals surface area (Å²) >= 11 is 0. The van der Waals surface area contributed by atoms with E-state index in [1.54, 1.807) is 23.1 Å². The zero-order valence-corrected chi connectivity index (χ0v) is 16.7. The fraction of sp³-hybridized carbons (Fsp3) is 0.350. The largest absolute Gasteiger partial charge is 0.368 e. The Kier molecular flexibility index (Phi) is 5.49. The number of rotatable bonds is 4. The number of carbonyl (C=O) groups excluding carboxylic acids is 1. The van der Waals surface area contributed by atoms with E-state index < -0.39 is 18.5 Å². The molecule has 11 heteroatoms. The highest BCUT2D eigenvalue weighted by atomic mass is 19.3. The number of carbonyl (C=O) groups is 1. The van der Waals surface area contributed by atoms with Gasteiger partial charge in [0.05, 0.1) is 23.8 Å². The van der Waals surface area contributed by atoms with E-state index in [2.05, 4.69) is 15.0 Å². The minimum atomic E-state index is -2.63. The highest BCUT2D eigenvalue weighted by Gasteiger charge is 2.24. The summed E-state index contributed by atoms with van der Waals surface area (Å²) < 4.78 is 27.2. The minimum Gasteiger partial charge on any atom is -0.368 e. The standard InChI is InChI=1S/C20H20F2N6O3/c1-25-18(29)5-4-15(24-25)20(31)27-8-6-26(7-9-27)13-2-3-14-16(10-13)23-12-28(19(14)30)11-17(21)22/h2-5,10,12,17H,6-9,11H2,1H3. The van der Waals surface area contributed by atoms with Crippen molar-refractivity contribution >= 4 is 22.5 Å². The van der Waals surface area contributed by atoms with Crippen molar-refractivity contribution in [1.29, 1.82) is 0 Å². The normalized spacial score (nSPS) is 14.5. The van der Waals surface area contributed by atoms with Crippen molar-refractivity contribution in [3.8, 4) is 0 Å². The average molecular weight is 430 g/mol. The van der Waals surface area contributed by atoms with Gasteiger partial charge in [-0.05, 0) is 24.3 Å². The number of hydrogen-bond acceptors (Lipinski definition) is 6. The molecular formula is C20H20F2N6O3. The number of aryl methyl sites for hydroxylation is 1. The minimum absolute atomic E-state index is 0.213. The molecule has 162 valence electrons. The Morgan fingerprint density at radius 3 is 2.52 bits per heavy atom. The van der Waals surface area contributed by atoms with Gasteiger partial charge in [-0.25, -0.2) is 18.4 Å². The molecule has 1 aromatic carbocycles. The Labute approximate surface area is 175 Å². The van der Waals surface area contributed by atoms with Gasteiger partial charge >= 0.3 is 0 Å². The molecule has 0 aliphatic carbocycles. The molecule has 1 saturated heterocycles. The third kappa shape index (κ3) is 4.16. The molecule has 1 aliphatic heterocycles. The molecule has 9 nitrogen and oxygen atoms in total. The lowest BCUT2D eigenvalue weighted by atomic mass is 10.2. The number of aromatic nitrogens is 4. The van der Waals surface area contributed by atoms with Crippen molar-refractivity contribution < 1.29 is 13.6 Å². The van der Waals surface area contributed by atoms with Crippen molar-refractivity contribution in [3.63, 3.8) is 0 Å². The maximum absolute atomic E-state index is 12.7. The van der Waals surface area contributed by atoms with Crippen LogP contribution in [0.25, 0.3) is 10.9 Å². The number of halogens is 2. The maximum Gasteiger partial charge on any atom is 0.274 e. The summed E-state index contributed by atoms with van der Waals surface area (Å²) in [6.45, 7) is 1.36. The van der Waals surface area contributed by atoms with Crippen LogP contribution in [0.15, 0.2) is 46.2 Å². The summed E-state index contributed by atoms with van der Waals surface area (Å²) in [5.74, 6) is -0.241. The Balaban J connectivity index is 1.48. The molecule has 1 fully saturated rings. The van der Waals surface area contributed by atoms with E-state index in [1.807, 2.05) is 0 Å². The first-order valence-electron chi connectivity index (χ1n) is 9.69. The molecule has 0 unspecified atom stereocenters. The number of nitrogens with zero attached hydrogens (tertiary/aromatic N) is 6. The van der Waals surface area contributed by atoms with E-state index in [9.17, 15) is 23.2 Å². The van der Waals surface area contributed by atoms with Crippen LogP contribution in [0.4, 0.5) is 14.5 Å². The van der Waals surface area contributed by atoms with E-state index in [1.165, 1.54) is 19.2 Å². The predicted octanol–water partition coefficient (Wildman–Crippen LogP) is 0.718. The number of fused-ring (bicyclic) bond motifs is 1. The predicted molar refractivity (Wildman–Crippen MR) is 110 cm³/mol. The molecule has 0 atom stereocenters. The average Bonchev–Trinajstić information content (AvgIpc) is 2.77. The summed E-state index contributed by atoms with van der Waals surface area (Å²) in [6.07, 6.45) is -1.50. The van der Waals surface area contributed by atoms with Crippen LogP contribution in [0.3, 0.4) is 0 Å². The first-order valence-corrected chi connectivity index (χ1v) is 9.69. The van der Waals surface area contributed by atoms with E-state index >= 15 is 0 Å². The lowest BCUT2D eigenvalue weighted by Gasteiger charge is -2.36. The van der Waals surface area contributed by atoms with Crippen LogP contribution in [-0.2, 0) is 13.6 Å². The van der Waals surface area contributed by atoms with Gasteiger partial charge in [0.2, 0.25) is 0 Å². The molecule has 0 spiro atoms. The SMILES string of the molecule is Cn1nc(C(=O)N2CCN(c3ccc4c(=O)n(CC(F)F)cnc4c3)CC2)ccc1=O. The number of alkyl halides is 2. The summed E-state index contributed by atoms with van der Waals surface area (Å²) in [4.78, 5) is 44.4. The van der Waals surface area contributed by atoms with Crippen LogP contribution in [0.5, 0.6) is 0 Å². The van der Waals surface area contributed by atoms with Crippen LogP contribution < -0.4 is 16.0 Å². The fourth-order valence-corrected chi connectivity index (χ4v) is 3.57. The van der Waals surface area contributed by atoms with E-state index in [4.69, 9.17) is 0 Å². The molecular weight excluding hydrogens is 410 g/mol. The van der Waals surface area contributed by atoms with Gasteiger partial charge in [0.25, 0.3) is 23.5 Å². The Morgan fingerprint density at radius 1 is 1.10 bits per heavy atom. The first kappa shape index (κ1) is 20.6. The molecule has 0 bridgehead atoms. The molecule has 0 radical (unpaired) electrons. The second kappa shape index (κ2) is 8.25. The Bertz CT molecular complexity index is 1250. The molecule has 0 N–H and O–H groups in total. The monoisotopic (exact) mass is 430 g/mol. The smallest absolute Gasteiger partial charge is 0.274 e. The Hall–Kier alpha value is -3.63. The fourth-order valence-electron chi connectivity index (χ4n) is 3.57. The second-order valence-electron chi connectivity index (χ2n) is 7.25. The molecule has 2 aromatic heterocycles. The third-order valence-electron chi connectivity index (χ3n) is 5.26. The Morgan fingerprint density at radius 2 is 1.84 bits per heavy atom. The van der Waals surface area contributed by atoms with Gasteiger partial charge in [0.15, 0.2) is 0 Å². The highest BCUT2D eigenvalue weighted by molar-refractivity contribution is 5.92. The van der Waals surface area contributed by atoms with Crippen molar-refractivity contribution in [2.24, 2.45) is 7.05 Å². The molecule has 4 rings (SSSR count). The van der Waals surface area contributed by atoms with Crippen LogP contribution in [-0.4, -0.2) is 62.7 Å². The molecule has 1 amide bonds. The molecule has 31 heavy (non-hydrogen) atoms. The number of benzene rings is 1. The lowest BCUT2D eigenvalue weighted by molar-refractivity contribution is 0.0738. The molecule has 3 heterocycles. The van der Waals surface area contributed by atoms with Crippen LogP contribution >= 0.6 is 0 Å². The third-order valence-corrected chi connectivity index (χ3v) is 5.26. The number of hydrogen-bond donors (Lipinski definition) is 0. The van der Waals surface area contributed by atoms with E-state index in [-0.39, 0.29) is 22.5 Å². The van der Waals surface area contributed by atoms with Gasteiger partial charge in [-0.15, -0.1) is 0 Å². The first-order chi connectivity index (χ1) is 14.8. The maximum atomic E-state index is 12.7. The van der Waals surface area contributed by atoms with Gasteiger partial charge in [0.1, 0.15) is 5.69 Å². The number of piperazine rings is 1. The van der Waals surface area contributed by atoms with Gasteiger partial charge < -0.3 is 9.80 Å². The lowest BCUT2D eigenvalue weighted by Crippen LogP contribution is -2.49. The van der Waals surface area contributed by atoms with Gasteiger partial charge in [-0.1, -0.05) is 0 Å². The molecule has 0 saturated carbocycles. The highest BCUT2D eigenvalue weighted by Crippen LogP contribution is 2.21. The number of anilines is 1. The topological polar surface area (TPSA) is 93.3 Å². The molecule has 1 aliphatic rings. The summed E-state index contributed by atoms with van der Waals surface area (Å²) in [6, 6.07) is 7.83. The zero-order valence-electron chi connectivity index (χ0n) is 16.7. The van der Waals surface area contributed by atoms with Gasteiger partial charge in [0, 0.05) is 45.0 Å². The van der Waals surface area contributed by atoms with Crippen LogP contribution in [0.2, 0.25) is 0 Å². The van der Waals surface area contributed by atoms with E-state index in [0.29, 0.717) is 31.7 Å². The number of amides is 1. The quantitative estimate of drug-likeness (QED) is 0.606. The second-order valence-corrected chi connectivity index (χ2v) is 7.25. The summed E-state index contributed by atoms with van der Waals surface area (Å²) in [5.41, 5.74) is 0.689. The van der Waals surface area contributed by atoms with Crippen molar-refractivity contribution in [2.45, 2.75) is 13.0 Å². The van der Waals surface area contributed by atoms with Crippen LogP contribution in [0.1, 0.15) is 10.5 Å². The van der Waals surface area contributed by atoms with Crippen molar-refractivity contribution in [1.82, 2.24) is 24.2 Å². The summed E-state index contributed by atoms with van der Waals surface area (Å²) in [7, 11) is 1.49. The van der Waals surface area contributed by atoms with Crippen molar-refractivity contribution in [2.75, 3.05) is 31.1 Å². The molecule has 3 aromatic rings. The van der Waals surface area contributed by atoms with Gasteiger partial charge in [-0.2, -0.15) is 5.10 Å². The zero-order chi connectivity index (χ0) is 22.1. The van der Waals surface area contributed by atoms with Gasteiger partial charge in [-0.3, -0.25) is 19.0 Å². The van der Waals surface area contributed by atoms with Crippen LogP contribution in [0, 0.1) is 0 Å². The van der Waals surface area contributed by atoms with Crippen molar-refractivity contribution in [3.05, 3.63) is 63.1 Å².